The molecule has 0 saturated carbocycles. The first-order chi connectivity index (χ1) is 6.90. The summed E-state index contributed by atoms with van der Waals surface area (Å²) in [4.78, 5) is 7.61. The van der Waals surface area contributed by atoms with E-state index in [4.69, 9.17) is 10.9 Å². The van der Waals surface area contributed by atoms with Crippen molar-refractivity contribution < 1.29 is 8.42 Å². The Morgan fingerprint density at radius 1 is 1.47 bits per heavy atom. The summed E-state index contributed by atoms with van der Waals surface area (Å²) in [5.74, 6) is 0.540. The first-order valence-corrected chi connectivity index (χ1v) is 6.41. The molecule has 0 saturated heterocycles. The minimum absolute atomic E-state index is 0.161. The van der Waals surface area contributed by atoms with E-state index in [1.165, 1.54) is 6.33 Å². The second kappa shape index (κ2) is 4.73. The molecule has 0 spiro atoms. The highest BCUT2D eigenvalue weighted by molar-refractivity contribution is 9.10. The number of hydrogen-bond acceptors (Lipinski definition) is 6. The number of aromatic nitrogens is 2. The number of hydrogen-bond donors (Lipinski definition) is 3. The van der Waals surface area contributed by atoms with Crippen LogP contribution in [0, 0.1) is 0 Å². The molecular formula is C6H10BrN5O2S. The Morgan fingerprint density at radius 2 is 2.13 bits per heavy atom. The Bertz CT molecular complexity index is 449. The van der Waals surface area contributed by atoms with E-state index in [1.54, 1.807) is 0 Å². The van der Waals surface area contributed by atoms with Crippen molar-refractivity contribution in [3.05, 3.63) is 10.8 Å². The minimum atomic E-state index is -3.47. The maximum atomic E-state index is 10.6. The van der Waals surface area contributed by atoms with Crippen LogP contribution in [0.25, 0.3) is 0 Å². The Morgan fingerprint density at radius 3 is 2.73 bits per heavy atom. The third-order valence-electron chi connectivity index (χ3n) is 1.50. The molecule has 7 nitrogen and oxygen atoms in total. The molecular weight excluding hydrogens is 286 g/mol. The second-order valence-corrected chi connectivity index (χ2v) is 5.24. The number of nitrogen functional groups attached to an aromatic ring is 1. The predicted molar refractivity (Wildman–Crippen MR) is 60.6 cm³/mol. The molecule has 84 valence electrons. The van der Waals surface area contributed by atoms with Crippen LogP contribution < -0.4 is 16.2 Å². The second-order valence-electron chi connectivity index (χ2n) is 2.72. The SMILES string of the molecule is Nc1ncnc(NCCS(N)(=O)=O)c1Br. The van der Waals surface area contributed by atoms with E-state index in [1.807, 2.05) is 0 Å². The van der Waals surface area contributed by atoms with Gasteiger partial charge in [-0.25, -0.2) is 23.5 Å². The van der Waals surface area contributed by atoms with Crippen molar-refractivity contribution in [2.24, 2.45) is 5.14 Å². The van der Waals surface area contributed by atoms with Crippen molar-refractivity contribution in [2.75, 3.05) is 23.3 Å². The molecule has 0 aliphatic carbocycles. The lowest BCUT2D eigenvalue weighted by Gasteiger charge is -2.06. The van der Waals surface area contributed by atoms with Gasteiger partial charge in [-0.05, 0) is 15.9 Å². The summed E-state index contributed by atoms with van der Waals surface area (Å²) in [5, 5.41) is 7.60. The van der Waals surface area contributed by atoms with Gasteiger partial charge in [0, 0.05) is 6.54 Å². The van der Waals surface area contributed by atoms with Crippen molar-refractivity contribution >= 4 is 37.6 Å². The summed E-state index contributed by atoms with van der Waals surface area (Å²) in [5.41, 5.74) is 5.50. The normalized spacial score (nSPS) is 11.3. The molecule has 1 heterocycles. The summed E-state index contributed by atoms with van der Waals surface area (Å²) in [6.45, 7) is 0.161. The Balaban J connectivity index is 2.62. The molecule has 0 aromatic carbocycles. The first-order valence-electron chi connectivity index (χ1n) is 3.90. The van der Waals surface area contributed by atoms with Crippen molar-refractivity contribution in [2.45, 2.75) is 0 Å². The van der Waals surface area contributed by atoms with Gasteiger partial charge in [0.25, 0.3) is 0 Å². The number of nitrogens with two attached hydrogens (primary N) is 2. The van der Waals surface area contributed by atoms with Gasteiger partial charge in [0.05, 0.1) is 5.75 Å². The molecule has 1 aromatic rings. The fraction of sp³-hybridized carbons (Fsp3) is 0.333. The fourth-order valence-corrected chi connectivity index (χ4v) is 1.55. The smallest absolute Gasteiger partial charge is 0.210 e. The molecule has 0 fully saturated rings. The van der Waals surface area contributed by atoms with Crippen LogP contribution in [0.5, 0.6) is 0 Å². The van der Waals surface area contributed by atoms with Gasteiger partial charge in [-0.15, -0.1) is 0 Å². The van der Waals surface area contributed by atoms with Crippen molar-refractivity contribution in [1.82, 2.24) is 9.97 Å². The molecule has 0 atom stereocenters. The van der Waals surface area contributed by atoms with Gasteiger partial charge in [-0.3, -0.25) is 0 Å². The van der Waals surface area contributed by atoms with Crippen LogP contribution in [0.3, 0.4) is 0 Å². The summed E-state index contributed by atoms with van der Waals surface area (Å²) in [7, 11) is -3.47. The summed E-state index contributed by atoms with van der Waals surface area (Å²) < 4.78 is 21.8. The number of sulfonamides is 1. The molecule has 1 aromatic heterocycles. The summed E-state index contributed by atoms with van der Waals surface area (Å²) >= 11 is 3.17. The van der Waals surface area contributed by atoms with Crippen LogP contribution in [-0.4, -0.2) is 30.7 Å². The lowest BCUT2D eigenvalue weighted by Crippen LogP contribution is -2.22. The topological polar surface area (TPSA) is 124 Å². The van der Waals surface area contributed by atoms with E-state index in [-0.39, 0.29) is 18.1 Å². The average Bonchev–Trinajstić information content (AvgIpc) is 2.10. The highest BCUT2D eigenvalue weighted by Crippen LogP contribution is 2.23. The van der Waals surface area contributed by atoms with Crippen molar-refractivity contribution in [3.8, 4) is 0 Å². The van der Waals surface area contributed by atoms with Gasteiger partial charge in [-0.1, -0.05) is 0 Å². The highest BCUT2D eigenvalue weighted by atomic mass is 79.9. The number of primary sulfonamides is 1. The Hall–Kier alpha value is -0.930. The van der Waals surface area contributed by atoms with Gasteiger partial charge in [-0.2, -0.15) is 0 Å². The van der Waals surface area contributed by atoms with E-state index < -0.39 is 10.0 Å². The van der Waals surface area contributed by atoms with E-state index >= 15 is 0 Å². The molecule has 5 N–H and O–H groups in total. The van der Waals surface area contributed by atoms with Gasteiger partial charge in [0.15, 0.2) is 0 Å². The predicted octanol–water partition coefficient (Wildman–Crippen LogP) is -0.478. The average molecular weight is 296 g/mol. The Kier molecular flexibility index (Phi) is 3.83. The fourth-order valence-electron chi connectivity index (χ4n) is 0.818. The van der Waals surface area contributed by atoms with E-state index in [2.05, 4.69) is 31.2 Å². The molecule has 0 unspecified atom stereocenters. The van der Waals surface area contributed by atoms with Gasteiger partial charge < -0.3 is 11.1 Å². The quantitative estimate of drug-likeness (QED) is 0.689. The van der Waals surface area contributed by atoms with Crippen LogP contribution in [0.1, 0.15) is 0 Å². The zero-order chi connectivity index (χ0) is 11.5. The Labute approximate surface area is 95.5 Å². The lowest BCUT2D eigenvalue weighted by molar-refractivity contribution is 0.598. The van der Waals surface area contributed by atoms with E-state index in [9.17, 15) is 8.42 Å². The maximum absolute atomic E-state index is 10.6. The number of rotatable bonds is 4. The largest absolute Gasteiger partial charge is 0.383 e. The number of anilines is 2. The van der Waals surface area contributed by atoms with Crippen LogP contribution in [-0.2, 0) is 10.0 Å². The first kappa shape index (κ1) is 12.1. The molecule has 0 aliphatic heterocycles. The zero-order valence-corrected chi connectivity index (χ0v) is 10.0. The zero-order valence-electron chi connectivity index (χ0n) is 7.64. The van der Waals surface area contributed by atoms with Gasteiger partial charge in [0.2, 0.25) is 10.0 Å². The molecule has 0 amide bonds. The molecule has 15 heavy (non-hydrogen) atoms. The van der Waals surface area contributed by atoms with E-state index in [0.29, 0.717) is 10.3 Å². The lowest BCUT2D eigenvalue weighted by atomic mass is 10.5. The molecule has 1 rings (SSSR count). The van der Waals surface area contributed by atoms with E-state index in [0.717, 1.165) is 0 Å². The van der Waals surface area contributed by atoms with Crippen LogP contribution in [0.2, 0.25) is 0 Å². The molecule has 0 aliphatic rings. The van der Waals surface area contributed by atoms with Crippen LogP contribution in [0.15, 0.2) is 10.8 Å². The third-order valence-corrected chi connectivity index (χ3v) is 3.05. The number of nitrogens with zero attached hydrogens (tertiary/aromatic N) is 2. The minimum Gasteiger partial charge on any atom is -0.383 e. The maximum Gasteiger partial charge on any atom is 0.210 e. The highest BCUT2D eigenvalue weighted by Gasteiger charge is 2.07. The third kappa shape index (κ3) is 3.98. The number of nitrogens with one attached hydrogen (secondary N) is 1. The summed E-state index contributed by atoms with van der Waals surface area (Å²) in [6.07, 6.45) is 1.28. The van der Waals surface area contributed by atoms with Gasteiger partial charge in [0.1, 0.15) is 22.4 Å². The van der Waals surface area contributed by atoms with Crippen LogP contribution >= 0.6 is 15.9 Å². The molecule has 0 bridgehead atoms. The van der Waals surface area contributed by atoms with Crippen molar-refractivity contribution in [1.29, 1.82) is 0 Å². The molecule has 9 heteroatoms. The van der Waals surface area contributed by atoms with Gasteiger partial charge >= 0.3 is 0 Å². The van der Waals surface area contributed by atoms with Crippen LogP contribution in [0.4, 0.5) is 11.6 Å². The number of halogens is 1. The van der Waals surface area contributed by atoms with Crippen molar-refractivity contribution in [3.63, 3.8) is 0 Å². The molecule has 0 radical (unpaired) electrons. The monoisotopic (exact) mass is 295 g/mol. The standard InChI is InChI=1S/C6H10BrN5O2S/c7-4-5(8)11-3-12-6(4)10-1-2-15(9,13)14/h3H,1-2H2,(H2,9,13,14)(H3,8,10,11,12). The summed E-state index contributed by atoms with van der Waals surface area (Å²) in [6, 6.07) is 0.